The molecular weight excluding hydrogens is 260 g/mol. The summed E-state index contributed by atoms with van der Waals surface area (Å²) < 4.78 is 1.94. The number of nitrogens with one attached hydrogen (secondary N) is 1. The fourth-order valence-electron chi connectivity index (χ4n) is 2.76. The van der Waals surface area contributed by atoms with Crippen LogP contribution in [0.25, 0.3) is 0 Å². The van der Waals surface area contributed by atoms with Crippen LogP contribution in [0.15, 0.2) is 18.2 Å². The number of benzene rings is 1. The van der Waals surface area contributed by atoms with E-state index in [4.69, 9.17) is 5.84 Å². The molecule has 0 aliphatic carbocycles. The molecule has 0 spiro atoms. The van der Waals surface area contributed by atoms with E-state index in [1.54, 1.807) is 0 Å². The van der Waals surface area contributed by atoms with Gasteiger partial charge in [0.15, 0.2) is 0 Å². The monoisotopic (exact) mass is 286 g/mol. The van der Waals surface area contributed by atoms with Crippen LogP contribution < -0.4 is 11.3 Å². The normalized spacial score (nSPS) is 12.7. The van der Waals surface area contributed by atoms with E-state index in [2.05, 4.69) is 56.4 Å². The molecule has 0 radical (unpaired) electrons. The molecule has 1 atom stereocenters. The van der Waals surface area contributed by atoms with Crippen LogP contribution in [0.4, 0.5) is 0 Å². The van der Waals surface area contributed by atoms with E-state index < -0.39 is 0 Å². The van der Waals surface area contributed by atoms with Gasteiger partial charge in [-0.25, -0.2) is 0 Å². The summed E-state index contributed by atoms with van der Waals surface area (Å²) >= 11 is 0. The Hall–Kier alpha value is -1.65. The number of hydrogen-bond acceptors (Lipinski definition) is 3. The summed E-state index contributed by atoms with van der Waals surface area (Å²) in [6.07, 6.45) is 1.82. The lowest BCUT2D eigenvalue weighted by Crippen LogP contribution is -2.38. The maximum Gasteiger partial charge on any atom is 0.0628 e. The number of aromatic nitrogens is 2. The van der Waals surface area contributed by atoms with Gasteiger partial charge in [0.25, 0.3) is 0 Å². The average molecular weight is 286 g/mol. The van der Waals surface area contributed by atoms with E-state index in [1.807, 2.05) is 11.7 Å². The van der Waals surface area contributed by atoms with Crippen LogP contribution >= 0.6 is 0 Å². The topological polar surface area (TPSA) is 55.9 Å². The van der Waals surface area contributed by atoms with E-state index in [1.165, 1.54) is 27.9 Å². The number of nitrogens with two attached hydrogens (primary N) is 1. The smallest absolute Gasteiger partial charge is 0.0628 e. The summed E-state index contributed by atoms with van der Waals surface area (Å²) in [5.41, 5.74) is 10.5. The van der Waals surface area contributed by atoms with Crippen LogP contribution in [0.1, 0.15) is 33.6 Å². The number of nitrogens with zero attached hydrogens (tertiary/aromatic N) is 2. The standard InChI is InChI=1S/C17H26N4/c1-11-6-7-15(8-12(11)2)9-16(19-18)10-17-13(3)20-21(5)14(17)4/h6-8,16,19H,9-10,18H2,1-5H3. The highest BCUT2D eigenvalue weighted by Gasteiger charge is 2.15. The summed E-state index contributed by atoms with van der Waals surface area (Å²) in [6.45, 7) is 8.46. The SMILES string of the molecule is Cc1ccc(CC(Cc2c(C)nn(C)c2C)NN)cc1C. The lowest BCUT2D eigenvalue weighted by atomic mass is 9.96. The maximum atomic E-state index is 5.77. The largest absolute Gasteiger partial charge is 0.272 e. The Bertz CT molecular complexity index is 628. The molecule has 4 heteroatoms. The zero-order valence-corrected chi connectivity index (χ0v) is 13.7. The van der Waals surface area contributed by atoms with Gasteiger partial charge in [-0.2, -0.15) is 5.10 Å². The molecule has 2 aromatic rings. The van der Waals surface area contributed by atoms with Gasteiger partial charge in [0.1, 0.15) is 0 Å². The molecule has 1 aromatic heterocycles. The van der Waals surface area contributed by atoms with Crippen molar-refractivity contribution < 1.29 is 0 Å². The third-order valence-electron chi connectivity index (χ3n) is 4.40. The van der Waals surface area contributed by atoms with Crippen LogP contribution in [-0.2, 0) is 19.9 Å². The Balaban J connectivity index is 2.14. The lowest BCUT2D eigenvalue weighted by Gasteiger charge is -2.17. The first-order chi connectivity index (χ1) is 9.92. The highest BCUT2D eigenvalue weighted by molar-refractivity contribution is 5.31. The Morgan fingerprint density at radius 2 is 1.86 bits per heavy atom. The predicted octanol–water partition coefficient (Wildman–Crippen LogP) is 2.27. The van der Waals surface area contributed by atoms with E-state index in [0.29, 0.717) is 0 Å². The van der Waals surface area contributed by atoms with Crippen molar-refractivity contribution in [1.82, 2.24) is 15.2 Å². The van der Waals surface area contributed by atoms with Crippen molar-refractivity contribution in [3.63, 3.8) is 0 Å². The third-order valence-corrected chi connectivity index (χ3v) is 4.40. The van der Waals surface area contributed by atoms with Crippen molar-refractivity contribution in [2.45, 2.75) is 46.6 Å². The fraction of sp³-hybridized carbons (Fsp3) is 0.471. The van der Waals surface area contributed by atoms with Gasteiger partial charge >= 0.3 is 0 Å². The van der Waals surface area contributed by atoms with Crippen LogP contribution in [0.5, 0.6) is 0 Å². The number of rotatable bonds is 5. The van der Waals surface area contributed by atoms with Crippen LogP contribution in [0.2, 0.25) is 0 Å². The van der Waals surface area contributed by atoms with Crippen LogP contribution in [0, 0.1) is 27.7 Å². The van der Waals surface area contributed by atoms with E-state index in [9.17, 15) is 0 Å². The predicted molar refractivity (Wildman–Crippen MR) is 87.1 cm³/mol. The molecule has 1 aromatic carbocycles. The lowest BCUT2D eigenvalue weighted by molar-refractivity contribution is 0.520. The number of hydrogen-bond donors (Lipinski definition) is 2. The summed E-state index contributed by atoms with van der Waals surface area (Å²) in [7, 11) is 1.99. The highest BCUT2D eigenvalue weighted by Crippen LogP contribution is 2.17. The number of aryl methyl sites for hydroxylation is 4. The summed E-state index contributed by atoms with van der Waals surface area (Å²) in [6, 6.07) is 6.84. The van der Waals surface area contributed by atoms with Crippen molar-refractivity contribution in [1.29, 1.82) is 0 Å². The first-order valence-electron chi connectivity index (χ1n) is 7.43. The molecule has 0 bridgehead atoms. The molecule has 114 valence electrons. The Kier molecular flexibility index (Phi) is 4.80. The van der Waals surface area contributed by atoms with Gasteiger partial charge in [-0.1, -0.05) is 18.2 Å². The summed E-state index contributed by atoms with van der Waals surface area (Å²) in [5, 5.41) is 4.48. The molecule has 0 aliphatic heterocycles. The molecule has 0 saturated heterocycles. The Morgan fingerprint density at radius 3 is 2.38 bits per heavy atom. The molecule has 1 heterocycles. The van der Waals surface area contributed by atoms with E-state index >= 15 is 0 Å². The average Bonchev–Trinajstić information content (AvgIpc) is 2.68. The fourth-order valence-corrected chi connectivity index (χ4v) is 2.76. The van der Waals surface area contributed by atoms with Crippen molar-refractivity contribution in [3.05, 3.63) is 51.8 Å². The molecule has 3 N–H and O–H groups in total. The van der Waals surface area contributed by atoms with Crippen molar-refractivity contribution in [3.8, 4) is 0 Å². The minimum Gasteiger partial charge on any atom is -0.272 e. The second kappa shape index (κ2) is 6.41. The quantitative estimate of drug-likeness (QED) is 0.655. The second-order valence-electron chi connectivity index (χ2n) is 5.96. The highest BCUT2D eigenvalue weighted by atomic mass is 15.3. The van der Waals surface area contributed by atoms with Crippen LogP contribution in [-0.4, -0.2) is 15.8 Å². The molecule has 0 fully saturated rings. The molecule has 0 amide bonds. The van der Waals surface area contributed by atoms with E-state index in [-0.39, 0.29) is 6.04 Å². The first kappa shape index (κ1) is 15.7. The van der Waals surface area contributed by atoms with Crippen molar-refractivity contribution in [2.24, 2.45) is 12.9 Å². The van der Waals surface area contributed by atoms with Gasteiger partial charge in [0, 0.05) is 18.8 Å². The van der Waals surface area contributed by atoms with Gasteiger partial charge in [-0.15, -0.1) is 0 Å². The second-order valence-corrected chi connectivity index (χ2v) is 5.96. The van der Waals surface area contributed by atoms with Gasteiger partial charge in [-0.3, -0.25) is 16.0 Å². The van der Waals surface area contributed by atoms with Crippen molar-refractivity contribution >= 4 is 0 Å². The minimum absolute atomic E-state index is 0.216. The van der Waals surface area contributed by atoms with Crippen LogP contribution in [0.3, 0.4) is 0 Å². The van der Waals surface area contributed by atoms with Gasteiger partial charge in [-0.05, 0) is 62.8 Å². The van der Waals surface area contributed by atoms with Crippen molar-refractivity contribution in [2.75, 3.05) is 0 Å². The molecule has 21 heavy (non-hydrogen) atoms. The molecule has 4 nitrogen and oxygen atoms in total. The van der Waals surface area contributed by atoms with Gasteiger partial charge in [0.05, 0.1) is 5.69 Å². The number of hydrazine groups is 1. The summed E-state index contributed by atoms with van der Waals surface area (Å²) in [5.74, 6) is 5.77. The zero-order chi connectivity index (χ0) is 15.6. The summed E-state index contributed by atoms with van der Waals surface area (Å²) in [4.78, 5) is 0. The zero-order valence-electron chi connectivity index (χ0n) is 13.7. The molecular formula is C17H26N4. The molecule has 1 unspecified atom stereocenters. The minimum atomic E-state index is 0.216. The maximum absolute atomic E-state index is 5.77. The molecule has 0 saturated carbocycles. The van der Waals surface area contributed by atoms with Gasteiger partial charge < -0.3 is 0 Å². The van der Waals surface area contributed by atoms with Gasteiger partial charge in [0.2, 0.25) is 0 Å². The third kappa shape index (κ3) is 3.52. The first-order valence-corrected chi connectivity index (χ1v) is 7.43. The molecule has 0 aliphatic rings. The Morgan fingerprint density at radius 1 is 1.14 bits per heavy atom. The molecule has 2 rings (SSSR count). The van der Waals surface area contributed by atoms with E-state index in [0.717, 1.165) is 18.5 Å². The Labute approximate surface area is 127 Å².